The Kier molecular flexibility index (Phi) is 8.69. The second-order valence-electron chi connectivity index (χ2n) is 6.98. The van der Waals surface area contributed by atoms with Crippen molar-refractivity contribution in [2.24, 2.45) is 5.41 Å². The predicted octanol–water partition coefficient (Wildman–Crippen LogP) is 2.54. The van der Waals surface area contributed by atoms with Gasteiger partial charge in [0.2, 0.25) is 0 Å². The van der Waals surface area contributed by atoms with E-state index in [1.54, 1.807) is 7.11 Å². The Balaban J connectivity index is 0.00000312. The van der Waals surface area contributed by atoms with Crippen molar-refractivity contribution < 1.29 is 14.3 Å². The summed E-state index contributed by atoms with van der Waals surface area (Å²) in [5, 5.41) is 6.38. The molecule has 5 nitrogen and oxygen atoms in total. The zero-order valence-corrected chi connectivity index (χ0v) is 16.6. The van der Waals surface area contributed by atoms with Crippen molar-refractivity contribution in [3.63, 3.8) is 0 Å². The maximum absolute atomic E-state index is 12.2. The molecule has 0 radical (unpaired) electrons. The molecule has 1 saturated heterocycles. The highest BCUT2D eigenvalue weighted by atomic mass is 35.5. The maximum Gasteiger partial charge on any atom is 0.257 e. The van der Waals surface area contributed by atoms with Crippen LogP contribution in [-0.4, -0.2) is 45.9 Å². The third kappa shape index (κ3) is 6.17. The van der Waals surface area contributed by atoms with Crippen molar-refractivity contribution in [1.82, 2.24) is 10.6 Å². The molecule has 1 aliphatic heterocycles. The molecule has 0 aromatic heterocycles. The van der Waals surface area contributed by atoms with Gasteiger partial charge in [-0.2, -0.15) is 0 Å². The number of hydrogen-bond acceptors (Lipinski definition) is 4. The van der Waals surface area contributed by atoms with Crippen LogP contribution in [0.25, 0.3) is 0 Å². The molecule has 0 bridgehead atoms. The number of aryl methyl sites for hydroxylation is 3. The van der Waals surface area contributed by atoms with Crippen LogP contribution in [0.15, 0.2) is 12.1 Å². The largest absolute Gasteiger partial charge is 0.483 e. The molecule has 0 saturated carbocycles. The van der Waals surface area contributed by atoms with Gasteiger partial charge in [-0.3, -0.25) is 4.79 Å². The quantitative estimate of drug-likeness (QED) is 0.774. The molecule has 1 aromatic carbocycles. The highest BCUT2D eigenvalue weighted by Crippen LogP contribution is 2.28. The fourth-order valence-corrected chi connectivity index (χ4v) is 3.50. The summed E-state index contributed by atoms with van der Waals surface area (Å²) >= 11 is 0. The zero-order chi connectivity index (χ0) is 17.6. The summed E-state index contributed by atoms with van der Waals surface area (Å²) in [6, 6.07) is 4.14. The summed E-state index contributed by atoms with van der Waals surface area (Å²) in [7, 11) is 1.72. The second-order valence-corrected chi connectivity index (χ2v) is 6.98. The highest BCUT2D eigenvalue weighted by Gasteiger charge is 2.32. The van der Waals surface area contributed by atoms with Gasteiger partial charge < -0.3 is 20.1 Å². The van der Waals surface area contributed by atoms with E-state index in [0.717, 1.165) is 42.8 Å². The van der Waals surface area contributed by atoms with Gasteiger partial charge in [-0.15, -0.1) is 12.4 Å². The molecule has 0 aliphatic carbocycles. The summed E-state index contributed by atoms with van der Waals surface area (Å²) in [5.74, 6) is 0.729. The van der Waals surface area contributed by atoms with Crippen LogP contribution in [0, 0.1) is 26.2 Å². The average molecular weight is 371 g/mol. The van der Waals surface area contributed by atoms with Gasteiger partial charge in [0, 0.05) is 19.1 Å². The summed E-state index contributed by atoms with van der Waals surface area (Å²) in [6.45, 7) is 9.38. The SMILES string of the molecule is COCC1(CNC(=O)COc2c(C)cc(C)cc2C)CCNCC1.Cl. The van der Waals surface area contributed by atoms with Gasteiger partial charge in [0.25, 0.3) is 5.91 Å². The molecular formula is C19H31ClN2O3. The average Bonchev–Trinajstić information content (AvgIpc) is 2.53. The standard InChI is InChI=1S/C19H30N2O3.ClH/c1-14-9-15(2)18(16(3)10-14)24-11-17(22)21-12-19(13-23-4)5-7-20-8-6-19;/h9-10,20H,5-8,11-13H2,1-4H3,(H,21,22);1H. The lowest BCUT2D eigenvalue weighted by molar-refractivity contribution is -0.124. The van der Waals surface area contributed by atoms with E-state index in [0.29, 0.717) is 13.2 Å². The molecular weight excluding hydrogens is 340 g/mol. The van der Waals surface area contributed by atoms with E-state index in [1.165, 1.54) is 5.56 Å². The molecule has 1 aromatic rings. The van der Waals surface area contributed by atoms with Crippen LogP contribution in [0.5, 0.6) is 5.75 Å². The van der Waals surface area contributed by atoms with Gasteiger partial charge in [-0.25, -0.2) is 0 Å². The number of carbonyl (C=O) groups excluding carboxylic acids is 1. The van der Waals surface area contributed by atoms with Gasteiger partial charge in [0.1, 0.15) is 5.75 Å². The number of halogens is 1. The number of ether oxygens (including phenoxy) is 2. The van der Waals surface area contributed by atoms with Crippen molar-refractivity contribution >= 4 is 18.3 Å². The number of nitrogens with one attached hydrogen (secondary N) is 2. The van der Waals surface area contributed by atoms with Crippen molar-refractivity contribution in [1.29, 1.82) is 0 Å². The molecule has 0 unspecified atom stereocenters. The number of rotatable bonds is 7. The number of benzene rings is 1. The van der Waals surface area contributed by atoms with Crippen LogP contribution in [0.1, 0.15) is 29.5 Å². The molecule has 1 amide bonds. The molecule has 1 fully saturated rings. The number of carbonyl (C=O) groups is 1. The van der Waals surface area contributed by atoms with Crippen LogP contribution in [-0.2, 0) is 9.53 Å². The number of methoxy groups -OCH3 is 1. The molecule has 0 spiro atoms. The van der Waals surface area contributed by atoms with Crippen LogP contribution in [0.4, 0.5) is 0 Å². The molecule has 2 N–H and O–H groups in total. The fraction of sp³-hybridized carbons (Fsp3) is 0.632. The number of amides is 1. The minimum Gasteiger partial charge on any atom is -0.483 e. The van der Waals surface area contributed by atoms with Gasteiger partial charge >= 0.3 is 0 Å². The van der Waals surface area contributed by atoms with Crippen LogP contribution in [0.3, 0.4) is 0 Å². The smallest absolute Gasteiger partial charge is 0.257 e. The Morgan fingerprint density at radius 1 is 1.20 bits per heavy atom. The molecule has 142 valence electrons. The first kappa shape index (κ1) is 21.7. The van der Waals surface area contributed by atoms with Crippen molar-refractivity contribution in [3.8, 4) is 5.75 Å². The fourth-order valence-electron chi connectivity index (χ4n) is 3.50. The van der Waals surface area contributed by atoms with Crippen molar-refractivity contribution in [3.05, 3.63) is 28.8 Å². The third-order valence-corrected chi connectivity index (χ3v) is 4.73. The monoisotopic (exact) mass is 370 g/mol. The van der Waals surface area contributed by atoms with Gasteiger partial charge in [-0.1, -0.05) is 17.7 Å². The number of hydrogen-bond donors (Lipinski definition) is 2. The van der Waals surface area contributed by atoms with Crippen LogP contribution in [0.2, 0.25) is 0 Å². The second kappa shape index (κ2) is 10.00. The summed E-state index contributed by atoms with van der Waals surface area (Å²) in [6.07, 6.45) is 2.02. The number of piperidine rings is 1. The first-order valence-electron chi connectivity index (χ1n) is 8.63. The first-order chi connectivity index (χ1) is 11.5. The topological polar surface area (TPSA) is 59.6 Å². The lowest BCUT2D eigenvalue weighted by Crippen LogP contribution is -2.47. The summed E-state index contributed by atoms with van der Waals surface area (Å²) < 4.78 is 11.1. The van der Waals surface area contributed by atoms with Gasteiger partial charge in [0.05, 0.1) is 6.61 Å². The minimum absolute atomic E-state index is 0. The Morgan fingerprint density at radius 2 is 1.80 bits per heavy atom. The molecule has 6 heteroatoms. The van der Waals surface area contributed by atoms with Crippen LogP contribution < -0.4 is 15.4 Å². The van der Waals surface area contributed by atoms with E-state index in [-0.39, 0.29) is 30.3 Å². The summed E-state index contributed by atoms with van der Waals surface area (Å²) in [5.41, 5.74) is 3.36. The van der Waals surface area contributed by atoms with Crippen molar-refractivity contribution in [2.75, 3.05) is 40.0 Å². The van der Waals surface area contributed by atoms with E-state index in [1.807, 2.05) is 13.8 Å². The van der Waals surface area contributed by atoms with Gasteiger partial charge in [0.15, 0.2) is 6.61 Å². The predicted molar refractivity (Wildman–Crippen MR) is 103 cm³/mol. The van der Waals surface area contributed by atoms with E-state index in [9.17, 15) is 4.79 Å². The molecule has 2 rings (SSSR count). The highest BCUT2D eigenvalue weighted by molar-refractivity contribution is 5.85. The van der Waals surface area contributed by atoms with E-state index >= 15 is 0 Å². The lowest BCUT2D eigenvalue weighted by atomic mass is 9.79. The Hall–Kier alpha value is -1.30. The first-order valence-corrected chi connectivity index (χ1v) is 8.63. The Labute approximate surface area is 157 Å². The minimum atomic E-state index is -0.0802. The van der Waals surface area contributed by atoms with Gasteiger partial charge in [-0.05, 0) is 57.8 Å². The lowest BCUT2D eigenvalue weighted by Gasteiger charge is -2.37. The third-order valence-electron chi connectivity index (χ3n) is 4.73. The molecule has 1 aliphatic rings. The normalized spacial score (nSPS) is 16.0. The molecule has 0 atom stereocenters. The van der Waals surface area contributed by atoms with E-state index in [4.69, 9.17) is 9.47 Å². The zero-order valence-electron chi connectivity index (χ0n) is 15.7. The Bertz CT molecular complexity index is 543. The molecule has 25 heavy (non-hydrogen) atoms. The van der Waals surface area contributed by atoms with Crippen LogP contribution >= 0.6 is 12.4 Å². The van der Waals surface area contributed by atoms with E-state index < -0.39 is 0 Å². The van der Waals surface area contributed by atoms with E-state index in [2.05, 4.69) is 29.7 Å². The summed E-state index contributed by atoms with van der Waals surface area (Å²) in [4.78, 5) is 12.2. The Morgan fingerprint density at radius 3 is 2.36 bits per heavy atom. The molecule has 1 heterocycles. The van der Waals surface area contributed by atoms with Crippen molar-refractivity contribution in [2.45, 2.75) is 33.6 Å². The maximum atomic E-state index is 12.2.